The van der Waals surface area contributed by atoms with Crippen LogP contribution < -0.4 is 4.74 Å². The molecular formula is C26H37ClN2O5Si. The van der Waals surface area contributed by atoms with Gasteiger partial charge in [-0.25, -0.2) is 4.79 Å². The lowest BCUT2D eigenvalue weighted by molar-refractivity contribution is -0.0790. The number of aliphatic hydroxyl groups excluding tert-OH is 1. The number of hydrogen-bond donors (Lipinski definition) is 2. The fraction of sp³-hybridized carbons (Fsp3) is 0.615. The maximum Gasteiger partial charge on any atom is 0.407 e. The van der Waals surface area contributed by atoms with Crippen molar-refractivity contribution in [2.45, 2.75) is 77.0 Å². The number of amides is 1. The number of methoxy groups -OCH3 is 1. The Kier molecular flexibility index (Phi) is 8.41. The fourth-order valence-corrected chi connectivity index (χ4v) is 5.91. The van der Waals surface area contributed by atoms with E-state index >= 15 is 0 Å². The molecule has 1 saturated heterocycles. The first-order chi connectivity index (χ1) is 16.3. The van der Waals surface area contributed by atoms with Crippen LogP contribution in [0.1, 0.15) is 72.0 Å². The van der Waals surface area contributed by atoms with Crippen molar-refractivity contribution in [2.75, 3.05) is 20.2 Å². The highest BCUT2D eigenvalue weighted by Crippen LogP contribution is 2.49. The Morgan fingerprint density at radius 2 is 1.91 bits per heavy atom. The van der Waals surface area contributed by atoms with E-state index in [0.717, 1.165) is 10.9 Å². The highest BCUT2D eigenvalue weighted by atomic mass is 35.5. The van der Waals surface area contributed by atoms with E-state index in [4.69, 9.17) is 20.8 Å². The van der Waals surface area contributed by atoms with Crippen molar-refractivity contribution >= 4 is 38.4 Å². The predicted molar refractivity (Wildman–Crippen MR) is 139 cm³/mol. The van der Waals surface area contributed by atoms with Gasteiger partial charge in [0.05, 0.1) is 29.4 Å². The molecule has 2 aromatic rings. The largest absolute Gasteiger partial charge is 0.497 e. The Morgan fingerprint density at radius 3 is 2.49 bits per heavy atom. The summed E-state index contributed by atoms with van der Waals surface area (Å²) in [6.07, 6.45) is 2.36. The monoisotopic (exact) mass is 520 g/mol. The van der Waals surface area contributed by atoms with Crippen molar-refractivity contribution in [1.82, 2.24) is 9.88 Å². The summed E-state index contributed by atoms with van der Waals surface area (Å²) >= 11 is 6.53. The molecule has 35 heavy (non-hydrogen) atoms. The lowest BCUT2D eigenvalue weighted by Gasteiger charge is -2.52. The lowest BCUT2D eigenvalue weighted by Crippen LogP contribution is -2.54. The summed E-state index contributed by atoms with van der Waals surface area (Å²) in [4.78, 5) is 17.4. The van der Waals surface area contributed by atoms with Gasteiger partial charge in [0, 0.05) is 35.7 Å². The van der Waals surface area contributed by atoms with E-state index in [1.54, 1.807) is 13.3 Å². The average molecular weight is 521 g/mol. The number of aromatic nitrogens is 1. The number of pyridine rings is 1. The molecule has 2 N–H and O–H groups in total. The van der Waals surface area contributed by atoms with Gasteiger partial charge in [-0.1, -0.05) is 32.4 Å². The summed E-state index contributed by atoms with van der Waals surface area (Å²) in [5.41, 5.74) is 0.606. The Morgan fingerprint density at radius 1 is 1.26 bits per heavy atom. The van der Waals surface area contributed by atoms with E-state index < -0.39 is 17.8 Å². The molecule has 1 aliphatic heterocycles. The molecule has 1 unspecified atom stereocenters. The minimum atomic E-state index is -0.891. The van der Waals surface area contributed by atoms with Crippen LogP contribution in [0.4, 0.5) is 4.79 Å². The first-order valence-corrected chi connectivity index (χ1v) is 13.3. The summed E-state index contributed by atoms with van der Waals surface area (Å²) < 4.78 is 11.9. The molecule has 1 fully saturated rings. The van der Waals surface area contributed by atoms with E-state index in [2.05, 4.69) is 39.6 Å². The highest BCUT2D eigenvalue weighted by molar-refractivity contribution is 6.32. The van der Waals surface area contributed by atoms with Gasteiger partial charge in [0.25, 0.3) is 0 Å². The number of benzene rings is 1. The van der Waals surface area contributed by atoms with E-state index in [1.807, 2.05) is 18.2 Å². The minimum absolute atomic E-state index is 0.0300. The Hall–Kier alpha value is -1.87. The van der Waals surface area contributed by atoms with E-state index in [9.17, 15) is 15.0 Å². The number of ether oxygens (including phenoxy) is 1. The van der Waals surface area contributed by atoms with Gasteiger partial charge in [0.1, 0.15) is 5.75 Å². The molecule has 1 aliphatic rings. The van der Waals surface area contributed by atoms with Crippen LogP contribution in [0.15, 0.2) is 24.4 Å². The minimum Gasteiger partial charge on any atom is -0.497 e. The van der Waals surface area contributed by atoms with Crippen LogP contribution in [0.3, 0.4) is 0 Å². The van der Waals surface area contributed by atoms with Gasteiger partial charge in [-0.05, 0) is 62.8 Å². The van der Waals surface area contributed by atoms with Crippen molar-refractivity contribution < 1.29 is 24.2 Å². The first-order valence-electron chi connectivity index (χ1n) is 12.0. The molecule has 1 aromatic heterocycles. The van der Waals surface area contributed by atoms with Crippen molar-refractivity contribution in [3.63, 3.8) is 0 Å². The van der Waals surface area contributed by atoms with Gasteiger partial charge in [-0.2, -0.15) is 0 Å². The summed E-state index contributed by atoms with van der Waals surface area (Å²) in [5.74, 6) is 0.672. The molecule has 3 rings (SSSR count). The Balaban J connectivity index is 1.89. The lowest BCUT2D eigenvalue weighted by atomic mass is 9.64. The van der Waals surface area contributed by atoms with E-state index in [-0.39, 0.29) is 10.5 Å². The molecule has 0 saturated carbocycles. The quantitative estimate of drug-likeness (QED) is 0.408. The molecule has 2 radical (unpaired) electrons. The maximum absolute atomic E-state index is 11.6. The number of fused-ring (bicyclic) bond motifs is 1. The third-order valence-corrected chi connectivity index (χ3v) is 8.70. The van der Waals surface area contributed by atoms with E-state index in [1.165, 1.54) is 4.90 Å². The van der Waals surface area contributed by atoms with Gasteiger partial charge in [0.2, 0.25) is 9.76 Å². The molecule has 1 atom stereocenters. The van der Waals surface area contributed by atoms with Gasteiger partial charge in [-0.15, -0.1) is 0 Å². The maximum atomic E-state index is 11.6. The zero-order valence-corrected chi connectivity index (χ0v) is 23.3. The molecule has 9 heteroatoms. The topological polar surface area (TPSA) is 92.1 Å². The normalized spacial score (nSPS) is 17.4. The number of carboxylic acid groups (broad SMARTS) is 1. The fourth-order valence-electron chi connectivity index (χ4n) is 4.86. The third-order valence-electron chi connectivity index (χ3n) is 7.18. The predicted octanol–water partition coefficient (Wildman–Crippen LogP) is 6.10. The second-order valence-corrected chi connectivity index (χ2v) is 13.3. The molecule has 1 aromatic carbocycles. The number of aliphatic hydroxyl groups is 1. The summed E-state index contributed by atoms with van der Waals surface area (Å²) in [6.45, 7) is 11.6. The number of piperidine rings is 1. The van der Waals surface area contributed by atoms with Gasteiger partial charge in [-0.3, -0.25) is 4.98 Å². The van der Waals surface area contributed by atoms with Crippen LogP contribution in [-0.4, -0.2) is 61.8 Å². The van der Waals surface area contributed by atoms with Crippen molar-refractivity contribution in [3.8, 4) is 5.75 Å². The van der Waals surface area contributed by atoms with Gasteiger partial charge in [0.15, 0.2) is 0 Å². The summed E-state index contributed by atoms with van der Waals surface area (Å²) in [6, 6.07) is 5.54. The SMILES string of the molecule is COc1ccc2ncc(Cl)c(C(O)CCC3(C(C)(C)O[Si]C(C)(C)C)CCN(C(=O)O)CC3)c2c1. The third kappa shape index (κ3) is 6.28. The first kappa shape index (κ1) is 27.7. The zero-order chi connectivity index (χ0) is 26.0. The highest BCUT2D eigenvalue weighted by Gasteiger charge is 2.48. The van der Waals surface area contributed by atoms with Crippen molar-refractivity contribution in [2.24, 2.45) is 5.41 Å². The summed E-state index contributed by atoms with van der Waals surface area (Å²) in [5, 5.41) is 22.1. The standard InChI is InChI=1S/C26H37ClN2O5Si/c1-24(2,3)35-34-25(4,5)26(11-13-29(14-12-26)23(31)32)10-9-21(30)22-18-15-17(33-6)7-8-20(18)28-16-19(22)27/h7-8,15-16,21,30H,9-14H2,1-6H3,(H,31,32). The van der Waals surface area contributed by atoms with Crippen molar-refractivity contribution in [3.05, 3.63) is 35.0 Å². The number of carbonyl (C=O) groups is 1. The van der Waals surface area contributed by atoms with Crippen LogP contribution in [0, 0.1) is 5.41 Å². The number of hydrogen-bond acceptors (Lipinski definition) is 5. The Labute approximate surface area is 215 Å². The molecule has 0 aliphatic carbocycles. The molecule has 7 nitrogen and oxygen atoms in total. The Bertz CT molecular complexity index is 1050. The molecule has 192 valence electrons. The van der Waals surface area contributed by atoms with E-state index in [0.29, 0.717) is 64.9 Å². The van der Waals surface area contributed by atoms with Gasteiger partial charge >= 0.3 is 6.09 Å². The smallest absolute Gasteiger partial charge is 0.407 e. The number of likely N-dealkylation sites (tertiary alicyclic amines) is 1. The molecule has 0 spiro atoms. The molecule has 2 heterocycles. The van der Waals surface area contributed by atoms with Crippen molar-refractivity contribution in [1.29, 1.82) is 0 Å². The number of nitrogens with zero attached hydrogens (tertiary/aromatic N) is 2. The van der Waals surface area contributed by atoms with Crippen LogP contribution in [0.2, 0.25) is 10.1 Å². The number of halogens is 1. The molecule has 1 amide bonds. The second-order valence-electron chi connectivity index (χ2n) is 11.0. The molecule has 0 bridgehead atoms. The average Bonchev–Trinajstić information content (AvgIpc) is 2.80. The molecular weight excluding hydrogens is 484 g/mol. The summed E-state index contributed by atoms with van der Waals surface area (Å²) in [7, 11) is 1.91. The second kappa shape index (κ2) is 10.6. The number of rotatable bonds is 8. The zero-order valence-electron chi connectivity index (χ0n) is 21.5. The van der Waals surface area contributed by atoms with Crippen LogP contribution in [-0.2, 0) is 4.43 Å². The van der Waals surface area contributed by atoms with Gasteiger partial charge < -0.3 is 24.3 Å². The van der Waals surface area contributed by atoms with Crippen LogP contribution >= 0.6 is 11.6 Å². The van der Waals surface area contributed by atoms with Crippen LogP contribution in [0.25, 0.3) is 10.9 Å². The van der Waals surface area contributed by atoms with Crippen LogP contribution in [0.5, 0.6) is 5.75 Å².